The summed E-state index contributed by atoms with van der Waals surface area (Å²) < 4.78 is 30.1. The van der Waals surface area contributed by atoms with Gasteiger partial charge in [-0.05, 0) is 36.8 Å². The first-order chi connectivity index (χ1) is 14.4. The van der Waals surface area contributed by atoms with Crippen LogP contribution in [0.15, 0.2) is 47.7 Å². The van der Waals surface area contributed by atoms with Gasteiger partial charge in [0, 0.05) is 5.70 Å². The number of ether oxygens (including phenoxy) is 3. The Bertz CT molecular complexity index is 996. The fourth-order valence-electron chi connectivity index (χ4n) is 3.27. The van der Waals surface area contributed by atoms with E-state index in [1.54, 1.807) is 25.1 Å². The summed E-state index contributed by atoms with van der Waals surface area (Å²) >= 11 is 0. The fraction of sp³-hybridized carbons (Fsp3) is 0.238. The van der Waals surface area contributed by atoms with E-state index in [9.17, 15) is 14.0 Å². The number of allylic oxidation sites excluding steroid dienone is 1. The van der Waals surface area contributed by atoms with Gasteiger partial charge in [0.25, 0.3) is 5.91 Å². The summed E-state index contributed by atoms with van der Waals surface area (Å²) in [5, 5.41) is 7.85. The molecule has 0 bridgehead atoms. The van der Waals surface area contributed by atoms with Crippen molar-refractivity contribution < 1.29 is 28.2 Å². The maximum atomic E-state index is 14.0. The molecule has 0 aliphatic carbocycles. The number of hydrogen-bond acceptors (Lipinski definition) is 5. The Labute approximate surface area is 173 Å². The van der Waals surface area contributed by atoms with Gasteiger partial charge in [-0.25, -0.2) is 9.18 Å². The lowest BCUT2D eigenvalue weighted by Crippen LogP contribution is -2.46. The highest BCUT2D eigenvalue weighted by molar-refractivity contribution is 6.06. The molecule has 0 aromatic heterocycles. The average Bonchev–Trinajstić information content (AvgIpc) is 2.73. The van der Waals surface area contributed by atoms with Crippen LogP contribution in [0.3, 0.4) is 0 Å². The highest BCUT2D eigenvalue weighted by Crippen LogP contribution is 2.41. The smallest absolute Gasteiger partial charge is 0.319 e. The quantitative estimate of drug-likeness (QED) is 0.674. The second-order valence-corrected chi connectivity index (χ2v) is 6.46. The first-order valence-electron chi connectivity index (χ1n) is 9.03. The van der Waals surface area contributed by atoms with Crippen LogP contribution in [-0.2, 0) is 4.79 Å². The van der Waals surface area contributed by atoms with Gasteiger partial charge in [0.2, 0.25) is 5.75 Å². The van der Waals surface area contributed by atoms with Crippen LogP contribution < -0.4 is 30.2 Å². The van der Waals surface area contributed by atoms with E-state index in [0.29, 0.717) is 28.5 Å². The largest absolute Gasteiger partial charge is 0.493 e. The fourth-order valence-corrected chi connectivity index (χ4v) is 3.27. The van der Waals surface area contributed by atoms with E-state index in [0.717, 1.165) is 0 Å². The van der Waals surface area contributed by atoms with Crippen LogP contribution in [0.4, 0.5) is 14.9 Å². The van der Waals surface area contributed by atoms with Gasteiger partial charge in [-0.1, -0.05) is 12.1 Å². The van der Waals surface area contributed by atoms with Gasteiger partial charge in [0.05, 0.1) is 38.6 Å². The second kappa shape index (κ2) is 8.73. The zero-order chi connectivity index (χ0) is 21.8. The molecular weight excluding hydrogens is 393 g/mol. The van der Waals surface area contributed by atoms with E-state index in [1.165, 1.54) is 39.5 Å². The van der Waals surface area contributed by atoms with Crippen LogP contribution in [0.25, 0.3) is 0 Å². The minimum absolute atomic E-state index is 0.0309. The third-order valence-electron chi connectivity index (χ3n) is 4.66. The molecule has 2 aromatic rings. The summed E-state index contributed by atoms with van der Waals surface area (Å²) in [4.78, 5) is 25.2. The van der Waals surface area contributed by atoms with Crippen LogP contribution in [0.2, 0.25) is 0 Å². The van der Waals surface area contributed by atoms with Gasteiger partial charge >= 0.3 is 6.03 Å². The Morgan fingerprint density at radius 2 is 1.70 bits per heavy atom. The Hall–Kier alpha value is -3.75. The summed E-state index contributed by atoms with van der Waals surface area (Å²) in [5.41, 5.74) is 1.11. The number of benzene rings is 2. The first-order valence-corrected chi connectivity index (χ1v) is 9.03. The van der Waals surface area contributed by atoms with Crippen molar-refractivity contribution in [2.45, 2.75) is 13.0 Å². The number of urea groups is 1. The molecular formula is C21H22FN3O5. The summed E-state index contributed by atoms with van der Waals surface area (Å²) in [6, 6.07) is 7.80. The van der Waals surface area contributed by atoms with E-state index < -0.39 is 23.8 Å². The average molecular weight is 415 g/mol. The normalized spacial score (nSPS) is 15.8. The van der Waals surface area contributed by atoms with E-state index in [2.05, 4.69) is 16.0 Å². The van der Waals surface area contributed by atoms with Crippen molar-refractivity contribution in [2.75, 3.05) is 26.6 Å². The maximum absolute atomic E-state index is 14.0. The number of anilines is 1. The first kappa shape index (κ1) is 21.0. The highest BCUT2D eigenvalue weighted by atomic mass is 19.1. The van der Waals surface area contributed by atoms with Crippen molar-refractivity contribution in [3.63, 3.8) is 0 Å². The van der Waals surface area contributed by atoms with Crippen molar-refractivity contribution in [1.29, 1.82) is 0 Å². The van der Waals surface area contributed by atoms with Gasteiger partial charge in [-0.3, -0.25) is 4.79 Å². The lowest BCUT2D eigenvalue weighted by molar-refractivity contribution is -0.113. The van der Waals surface area contributed by atoms with Crippen molar-refractivity contribution in [2.24, 2.45) is 0 Å². The SMILES string of the molecule is COc1cc(C2NC(=O)NC(C)=C2C(=O)Nc2ccccc2F)cc(OC)c1OC. The number of carbonyl (C=O) groups is 2. The predicted octanol–water partition coefficient (Wildman–Crippen LogP) is 3.12. The molecule has 3 rings (SSSR count). The molecule has 0 saturated carbocycles. The predicted molar refractivity (Wildman–Crippen MR) is 108 cm³/mol. The molecule has 3 amide bonds. The molecule has 1 unspecified atom stereocenters. The Kier molecular flexibility index (Phi) is 6.10. The zero-order valence-electron chi connectivity index (χ0n) is 17.0. The number of methoxy groups -OCH3 is 3. The van der Waals surface area contributed by atoms with E-state index in [-0.39, 0.29) is 11.3 Å². The lowest BCUT2D eigenvalue weighted by atomic mass is 9.94. The number of rotatable bonds is 6. The molecule has 1 atom stereocenters. The molecule has 9 heteroatoms. The highest BCUT2D eigenvalue weighted by Gasteiger charge is 2.33. The van der Waals surface area contributed by atoms with Crippen LogP contribution >= 0.6 is 0 Å². The monoisotopic (exact) mass is 415 g/mol. The lowest BCUT2D eigenvalue weighted by Gasteiger charge is -2.29. The van der Waals surface area contributed by atoms with Crippen molar-refractivity contribution in [3.8, 4) is 17.2 Å². The minimum atomic E-state index is -0.834. The van der Waals surface area contributed by atoms with Crippen LogP contribution in [0.5, 0.6) is 17.2 Å². The number of hydrogen-bond donors (Lipinski definition) is 3. The van der Waals surface area contributed by atoms with Crippen LogP contribution in [-0.4, -0.2) is 33.3 Å². The number of nitrogens with one attached hydrogen (secondary N) is 3. The van der Waals surface area contributed by atoms with Gasteiger partial charge in [-0.2, -0.15) is 0 Å². The van der Waals surface area contributed by atoms with E-state index in [4.69, 9.17) is 14.2 Å². The molecule has 3 N–H and O–H groups in total. The number of amides is 3. The van der Waals surface area contributed by atoms with Gasteiger partial charge in [-0.15, -0.1) is 0 Å². The van der Waals surface area contributed by atoms with Gasteiger partial charge < -0.3 is 30.2 Å². The van der Waals surface area contributed by atoms with E-state index >= 15 is 0 Å². The molecule has 158 valence electrons. The molecule has 8 nitrogen and oxygen atoms in total. The molecule has 0 saturated heterocycles. The molecule has 0 spiro atoms. The van der Waals surface area contributed by atoms with Crippen molar-refractivity contribution in [3.05, 3.63) is 59.0 Å². The molecule has 30 heavy (non-hydrogen) atoms. The van der Waals surface area contributed by atoms with E-state index in [1.807, 2.05) is 0 Å². The van der Waals surface area contributed by atoms with Crippen LogP contribution in [0.1, 0.15) is 18.5 Å². The second-order valence-electron chi connectivity index (χ2n) is 6.46. The Morgan fingerprint density at radius 1 is 1.07 bits per heavy atom. The van der Waals surface area contributed by atoms with Gasteiger partial charge in [0.1, 0.15) is 5.82 Å². The number of para-hydroxylation sites is 1. The molecule has 2 aromatic carbocycles. The zero-order valence-corrected chi connectivity index (χ0v) is 17.0. The third-order valence-corrected chi connectivity index (χ3v) is 4.66. The molecule has 1 aliphatic rings. The van der Waals surface area contributed by atoms with Crippen molar-refractivity contribution >= 4 is 17.6 Å². The molecule has 0 fully saturated rings. The standard InChI is InChI=1S/C21H22FN3O5/c1-11-17(20(26)24-14-8-6-5-7-13(14)22)18(25-21(27)23-11)12-9-15(28-2)19(30-4)16(10-12)29-3/h5-10,18H,1-4H3,(H,24,26)(H2,23,25,27). The van der Waals surface area contributed by atoms with Gasteiger partial charge in [0.15, 0.2) is 11.5 Å². The summed E-state index contributed by atoms with van der Waals surface area (Å²) in [6.45, 7) is 1.60. The summed E-state index contributed by atoms with van der Waals surface area (Å²) in [5.74, 6) is -0.0236. The van der Waals surface area contributed by atoms with Crippen LogP contribution in [0, 0.1) is 5.82 Å². The number of carbonyl (C=O) groups excluding carboxylic acids is 2. The third kappa shape index (κ3) is 4.00. The summed E-state index contributed by atoms with van der Waals surface area (Å²) in [6.07, 6.45) is 0. The summed E-state index contributed by atoms with van der Waals surface area (Å²) in [7, 11) is 4.41. The Morgan fingerprint density at radius 3 is 2.27 bits per heavy atom. The maximum Gasteiger partial charge on any atom is 0.319 e. The minimum Gasteiger partial charge on any atom is -0.493 e. The van der Waals surface area contributed by atoms with Crippen molar-refractivity contribution in [1.82, 2.24) is 10.6 Å². The molecule has 1 aliphatic heterocycles. The number of halogens is 1. The molecule has 1 heterocycles. The Balaban J connectivity index is 2.06. The molecule has 0 radical (unpaired) electrons. The topological polar surface area (TPSA) is 97.9 Å².